The van der Waals surface area contributed by atoms with Crippen LogP contribution in [0, 0.1) is 0 Å². The lowest BCUT2D eigenvalue weighted by molar-refractivity contribution is -0.870. The Kier molecular flexibility index (Phi) is 62.9. The highest BCUT2D eigenvalue weighted by atomic mass is 31.2. The maximum absolute atomic E-state index is 13.6. The number of carbonyl (C=O) groups is 2. The van der Waals surface area contributed by atoms with Gasteiger partial charge in [-0.05, 0) is 96.0 Å². The predicted octanol–water partition coefficient (Wildman–Crippen LogP) is 22.7. The molecule has 0 bridgehead atoms. The van der Waals surface area contributed by atoms with Gasteiger partial charge in [-0.3, -0.25) is 14.2 Å². The van der Waals surface area contributed by atoms with E-state index >= 15 is 0 Å². The van der Waals surface area contributed by atoms with Gasteiger partial charge in [-0.1, -0.05) is 307 Å². The highest BCUT2D eigenvalue weighted by Gasteiger charge is 2.27. The SMILES string of the molecule is CCCCC/C=C\C/C=C\C/C=C\CCCCCCCCC(=O)NC(COP(=O)([O-])OCC[N+](C)(C)C)C(/C=C\CCCCCCCCCCCCC)OC(=O)CCCCCCCCCCCCCCCCCCC/C=C/CCCCCCCC. The van der Waals surface area contributed by atoms with Crippen LogP contribution in [-0.2, 0) is 27.9 Å². The van der Waals surface area contributed by atoms with Crippen LogP contribution in [0.25, 0.3) is 0 Å². The first kappa shape index (κ1) is 82.7. The Hall–Kier alpha value is -2.29. The van der Waals surface area contributed by atoms with Crippen LogP contribution in [-0.4, -0.2) is 69.4 Å². The molecule has 85 heavy (non-hydrogen) atoms. The Morgan fingerprint density at radius 1 is 0.412 bits per heavy atom. The number of unbranched alkanes of at least 4 members (excludes halogenated alkanes) is 43. The standard InChI is InChI=1S/C75H141N2O7P/c1-7-10-13-16-19-22-25-28-30-32-34-35-36-37-38-39-40-41-43-45-47-50-53-56-59-62-65-68-75(79)84-73(66-63-60-57-54-51-48-27-24-21-18-15-12-9-3)72(71-83-85(80,81)82-70-69-77(4,5)6)76-74(78)67-64-61-58-55-52-49-46-44-42-33-31-29-26-23-20-17-14-11-8-2/h20,23,28-31,42,44,63,66,72-73H,7-19,21-22,24-27,32-41,43,45-62,64-65,67-71H2,1-6H3,(H-,76,78,80,81)/b23-20-,30-28+,31-29-,44-42-,66-63-. The number of nitrogens with one attached hydrogen (secondary N) is 1. The van der Waals surface area contributed by atoms with Crippen molar-refractivity contribution in [2.75, 3.05) is 40.9 Å². The lowest BCUT2D eigenvalue weighted by Gasteiger charge is -2.30. The number of amides is 1. The van der Waals surface area contributed by atoms with Crippen LogP contribution in [0.2, 0.25) is 0 Å². The van der Waals surface area contributed by atoms with Gasteiger partial charge >= 0.3 is 5.97 Å². The van der Waals surface area contributed by atoms with Crippen molar-refractivity contribution in [2.45, 2.75) is 367 Å². The fourth-order valence-corrected chi connectivity index (χ4v) is 11.5. The number of hydrogen-bond acceptors (Lipinski definition) is 7. The Balaban J connectivity index is 5.04. The van der Waals surface area contributed by atoms with Crippen molar-refractivity contribution in [3.63, 3.8) is 0 Å². The molecule has 0 heterocycles. The van der Waals surface area contributed by atoms with E-state index in [1.807, 2.05) is 33.3 Å². The molecule has 9 nitrogen and oxygen atoms in total. The number of phosphoric acid groups is 1. The van der Waals surface area contributed by atoms with E-state index in [1.54, 1.807) is 0 Å². The van der Waals surface area contributed by atoms with E-state index in [-0.39, 0.29) is 24.9 Å². The fourth-order valence-electron chi connectivity index (χ4n) is 10.8. The number of likely N-dealkylation sites (N-methyl/N-ethyl adjacent to an activating group) is 1. The van der Waals surface area contributed by atoms with Crippen molar-refractivity contribution in [2.24, 2.45) is 0 Å². The van der Waals surface area contributed by atoms with Crippen molar-refractivity contribution in [1.82, 2.24) is 5.32 Å². The van der Waals surface area contributed by atoms with Crippen LogP contribution in [0.15, 0.2) is 60.8 Å². The molecule has 498 valence electrons. The van der Waals surface area contributed by atoms with Crippen LogP contribution in [0.3, 0.4) is 0 Å². The number of phosphoric ester groups is 1. The van der Waals surface area contributed by atoms with Gasteiger partial charge in [-0.2, -0.15) is 0 Å². The zero-order valence-electron chi connectivity index (χ0n) is 57.1. The van der Waals surface area contributed by atoms with Crippen LogP contribution >= 0.6 is 7.82 Å². The molecule has 0 aliphatic heterocycles. The maximum atomic E-state index is 13.6. The molecule has 0 fully saturated rings. The first-order chi connectivity index (χ1) is 41.4. The quantitative estimate of drug-likeness (QED) is 0.0212. The molecule has 0 aromatic carbocycles. The highest BCUT2D eigenvalue weighted by Crippen LogP contribution is 2.38. The zero-order valence-corrected chi connectivity index (χ0v) is 58.0. The average Bonchev–Trinajstić information content (AvgIpc) is 3.50. The van der Waals surface area contributed by atoms with Crippen LogP contribution < -0.4 is 10.2 Å². The molecule has 0 radical (unpaired) electrons. The van der Waals surface area contributed by atoms with E-state index in [1.165, 1.54) is 225 Å². The number of ether oxygens (including phenoxy) is 1. The minimum Gasteiger partial charge on any atom is -0.756 e. The third-order valence-electron chi connectivity index (χ3n) is 16.4. The summed E-state index contributed by atoms with van der Waals surface area (Å²) in [6, 6.07) is -0.896. The van der Waals surface area contributed by atoms with Gasteiger partial charge in [0.05, 0.1) is 33.8 Å². The monoisotopic (exact) mass is 1210 g/mol. The summed E-state index contributed by atoms with van der Waals surface area (Å²) in [7, 11) is 1.18. The molecule has 0 aromatic heterocycles. The second-order valence-corrected chi connectivity index (χ2v) is 27.5. The number of esters is 1. The maximum Gasteiger partial charge on any atom is 0.306 e. The lowest BCUT2D eigenvalue weighted by Crippen LogP contribution is -2.47. The van der Waals surface area contributed by atoms with E-state index in [4.69, 9.17) is 13.8 Å². The summed E-state index contributed by atoms with van der Waals surface area (Å²) in [4.78, 5) is 40.2. The Morgan fingerprint density at radius 2 is 0.718 bits per heavy atom. The van der Waals surface area contributed by atoms with Crippen LogP contribution in [0.4, 0.5) is 0 Å². The largest absolute Gasteiger partial charge is 0.756 e. The van der Waals surface area contributed by atoms with E-state index in [2.05, 4.69) is 74.7 Å². The molecule has 3 atom stereocenters. The van der Waals surface area contributed by atoms with Crippen LogP contribution in [0.1, 0.15) is 355 Å². The Labute approximate surface area is 528 Å². The van der Waals surface area contributed by atoms with Crippen molar-refractivity contribution in [1.29, 1.82) is 0 Å². The number of hydrogen-bond donors (Lipinski definition) is 1. The molecule has 1 amide bonds. The van der Waals surface area contributed by atoms with Crippen molar-refractivity contribution in [3.8, 4) is 0 Å². The average molecular weight is 1210 g/mol. The van der Waals surface area contributed by atoms with Gasteiger partial charge in [-0.15, -0.1) is 0 Å². The van der Waals surface area contributed by atoms with E-state index in [0.717, 1.165) is 96.3 Å². The second-order valence-electron chi connectivity index (χ2n) is 26.1. The number of allylic oxidation sites excluding steroid dienone is 9. The van der Waals surface area contributed by atoms with E-state index in [9.17, 15) is 19.0 Å². The minimum atomic E-state index is -4.71. The smallest absolute Gasteiger partial charge is 0.306 e. The molecule has 0 saturated carbocycles. The second kappa shape index (κ2) is 64.7. The molecular weight excluding hydrogens is 1070 g/mol. The molecule has 0 rings (SSSR count). The number of quaternary nitrogens is 1. The van der Waals surface area contributed by atoms with Gasteiger partial charge in [0.25, 0.3) is 7.82 Å². The summed E-state index contributed by atoms with van der Waals surface area (Å²) in [6.07, 6.45) is 83.5. The molecular formula is C75H141N2O7P. The fraction of sp³-hybridized carbons (Fsp3) is 0.840. The highest BCUT2D eigenvalue weighted by molar-refractivity contribution is 7.45. The van der Waals surface area contributed by atoms with E-state index < -0.39 is 26.6 Å². The van der Waals surface area contributed by atoms with Gasteiger partial charge in [0.2, 0.25) is 5.91 Å². The van der Waals surface area contributed by atoms with E-state index in [0.29, 0.717) is 17.4 Å². The Morgan fingerprint density at radius 3 is 1.11 bits per heavy atom. The van der Waals surface area contributed by atoms with Gasteiger partial charge in [0.15, 0.2) is 0 Å². The summed E-state index contributed by atoms with van der Waals surface area (Å²) in [6.45, 7) is 6.85. The third kappa shape index (κ3) is 66.0. The van der Waals surface area contributed by atoms with Crippen molar-refractivity contribution >= 4 is 19.7 Å². The summed E-state index contributed by atoms with van der Waals surface area (Å²) >= 11 is 0. The number of carbonyl (C=O) groups excluding carboxylic acids is 2. The van der Waals surface area contributed by atoms with Crippen LogP contribution in [0.5, 0.6) is 0 Å². The van der Waals surface area contributed by atoms with Crippen molar-refractivity contribution < 1.29 is 37.3 Å². The molecule has 3 unspecified atom stereocenters. The predicted molar refractivity (Wildman–Crippen MR) is 367 cm³/mol. The van der Waals surface area contributed by atoms with Gasteiger partial charge in [0, 0.05) is 12.8 Å². The topological polar surface area (TPSA) is 114 Å². The summed E-state index contributed by atoms with van der Waals surface area (Å²) in [5, 5.41) is 3.04. The number of nitrogens with zero attached hydrogens (tertiary/aromatic N) is 1. The first-order valence-corrected chi connectivity index (χ1v) is 38.1. The molecule has 1 N–H and O–H groups in total. The molecule has 0 aliphatic carbocycles. The zero-order chi connectivity index (χ0) is 62.1. The molecule has 0 saturated heterocycles. The first-order valence-electron chi connectivity index (χ1n) is 36.6. The molecule has 10 heteroatoms. The lowest BCUT2D eigenvalue weighted by atomic mass is 10.0. The molecule has 0 aliphatic rings. The summed E-state index contributed by atoms with van der Waals surface area (Å²) in [5.41, 5.74) is 0. The summed E-state index contributed by atoms with van der Waals surface area (Å²) in [5.74, 6) is -0.541. The normalized spacial score (nSPS) is 13.8. The minimum absolute atomic E-state index is 0.0249. The van der Waals surface area contributed by atoms with Gasteiger partial charge in [0.1, 0.15) is 19.3 Å². The van der Waals surface area contributed by atoms with Gasteiger partial charge in [-0.25, -0.2) is 0 Å². The molecule has 0 spiro atoms. The Bertz CT molecular complexity index is 1640. The van der Waals surface area contributed by atoms with Gasteiger partial charge < -0.3 is 28.5 Å². The summed E-state index contributed by atoms with van der Waals surface area (Å²) < 4.78 is 30.5. The third-order valence-corrected chi connectivity index (χ3v) is 17.4. The molecule has 0 aromatic rings. The van der Waals surface area contributed by atoms with Crippen molar-refractivity contribution in [3.05, 3.63) is 60.8 Å². The number of rotatable bonds is 67.